The van der Waals surface area contributed by atoms with E-state index in [-0.39, 0.29) is 24.4 Å². The van der Waals surface area contributed by atoms with Crippen LogP contribution in [0.25, 0.3) is 0 Å². The van der Waals surface area contributed by atoms with Gasteiger partial charge >= 0.3 is 0 Å². The molecule has 0 aliphatic carbocycles. The molecular weight excluding hydrogens is 361 g/mol. The van der Waals surface area contributed by atoms with Gasteiger partial charge in [0.05, 0.1) is 6.61 Å². The van der Waals surface area contributed by atoms with Crippen molar-refractivity contribution in [2.75, 3.05) is 13.7 Å². The van der Waals surface area contributed by atoms with Crippen molar-refractivity contribution in [1.29, 1.82) is 0 Å². The molecule has 0 spiro atoms. The minimum atomic E-state index is -1.14. The summed E-state index contributed by atoms with van der Waals surface area (Å²) in [5.41, 5.74) is 0.129. The highest BCUT2D eigenvalue weighted by Crippen LogP contribution is 2.17. The predicted molar refractivity (Wildman–Crippen MR) is 92.4 cm³/mol. The summed E-state index contributed by atoms with van der Waals surface area (Å²) in [7, 11) is 1.37. The second-order valence-electron chi connectivity index (χ2n) is 5.69. The maximum absolute atomic E-state index is 13.4. The zero-order valence-corrected chi connectivity index (χ0v) is 14.6. The number of hydrogen-bond donors (Lipinski definition) is 2. The van der Waals surface area contributed by atoms with Gasteiger partial charge in [0.25, 0.3) is 0 Å². The van der Waals surface area contributed by atoms with Crippen molar-refractivity contribution in [3.8, 4) is 5.75 Å². The summed E-state index contributed by atoms with van der Waals surface area (Å²) in [6.45, 7) is 0.217. The average Bonchev–Trinajstić information content (AvgIpc) is 2.66. The highest BCUT2D eigenvalue weighted by molar-refractivity contribution is 5.88. The molecule has 0 saturated carbocycles. The first-order valence-electron chi connectivity index (χ1n) is 8.25. The molecule has 0 aliphatic heterocycles. The van der Waals surface area contributed by atoms with Gasteiger partial charge in [-0.3, -0.25) is 9.59 Å². The molecule has 1 unspecified atom stereocenters. The van der Waals surface area contributed by atoms with Crippen molar-refractivity contribution < 1.29 is 27.5 Å². The fraction of sp³-hybridized carbons (Fsp3) is 0.263. The summed E-state index contributed by atoms with van der Waals surface area (Å²) >= 11 is 0. The number of halogens is 3. The highest BCUT2D eigenvalue weighted by atomic mass is 19.2. The van der Waals surface area contributed by atoms with Crippen LogP contribution in [0, 0.1) is 17.5 Å². The van der Waals surface area contributed by atoms with Crippen molar-refractivity contribution in [3.63, 3.8) is 0 Å². The fourth-order valence-corrected chi connectivity index (χ4v) is 2.32. The number of nitrogens with one attached hydrogen (secondary N) is 2. The second-order valence-corrected chi connectivity index (χ2v) is 5.69. The first-order chi connectivity index (χ1) is 12.9. The topological polar surface area (TPSA) is 67.4 Å². The molecule has 8 heteroatoms. The molecule has 0 radical (unpaired) electrons. The summed E-state index contributed by atoms with van der Waals surface area (Å²) in [5.74, 6) is -3.06. The summed E-state index contributed by atoms with van der Waals surface area (Å²) in [6, 6.07) is 7.32. The maximum atomic E-state index is 13.4. The Labute approximate surface area is 154 Å². The lowest BCUT2D eigenvalue weighted by atomic mass is 10.1. The standard InChI is InChI=1S/C19H19F3N2O3/c1-23-19(26)18(12-4-9-15(21)16(22)11-12)24-17(25)3-2-10-27-14-7-5-13(20)6-8-14/h4-9,11,18H,2-3,10H2,1H3,(H,23,26)(H,24,25). The minimum absolute atomic E-state index is 0.0539. The fourth-order valence-electron chi connectivity index (χ4n) is 2.32. The first-order valence-corrected chi connectivity index (χ1v) is 8.25. The van der Waals surface area contributed by atoms with Crippen LogP contribution in [0.15, 0.2) is 42.5 Å². The van der Waals surface area contributed by atoms with Gasteiger partial charge in [-0.25, -0.2) is 13.2 Å². The van der Waals surface area contributed by atoms with Crippen LogP contribution >= 0.6 is 0 Å². The molecule has 2 amide bonds. The Balaban J connectivity index is 1.88. The van der Waals surface area contributed by atoms with Crippen LogP contribution in [0.2, 0.25) is 0 Å². The Bertz CT molecular complexity index is 797. The number of ether oxygens (including phenoxy) is 1. The molecule has 5 nitrogen and oxygen atoms in total. The average molecular weight is 380 g/mol. The second kappa shape index (κ2) is 9.61. The predicted octanol–water partition coefficient (Wildman–Crippen LogP) is 2.87. The molecular formula is C19H19F3N2O3. The van der Waals surface area contributed by atoms with E-state index in [0.717, 1.165) is 12.1 Å². The van der Waals surface area contributed by atoms with Crippen LogP contribution in [-0.2, 0) is 9.59 Å². The summed E-state index contributed by atoms with van der Waals surface area (Å²) in [6.07, 6.45) is 0.403. The van der Waals surface area contributed by atoms with Gasteiger partial charge in [-0.2, -0.15) is 0 Å². The molecule has 0 aromatic heterocycles. The van der Waals surface area contributed by atoms with E-state index in [1.165, 1.54) is 37.4 Å². The maximum Gasteiger partial charge on any atom is 0.246 e. The van der Waals surface area contributed by atoms with Crippen molar-refractivity contribution in [2.45, 2.75) is 18.9 Å². The van der Waals surface area contributed by atoms with Gasteiger partial charge in [0.1, 0.15) is 17.6 Å². The lowest BCUT2D eigenvalue weighted by Crippen LogP contribution is -2.39. The number of hydrogen-bond acceptors (Lipinski definition) is 3. The number of likely N-dealkylation sites (N-methyl/N-ethyl adjacent to an activating group) is 1. The van der Waals surface area contributed by atoms with Gasteiger partial charge in [0.15, 0.2) is 11.6 Å². The van der Waals surface area contributed by atoms with Crippen molar-refractivity contribution in [3.05, 3.63) is 65.5 Å². The van der Waals surface area contributed by atoms with E-state index in [1.54, 1.807) is 0 Å². The SMILES string of the molecule is CNC(=O)C(NC(=O)CCCOc1ccc(F)cc1)c1ccc(F)c(F)c1. The number of benzene rings is 2. The van der Waals surface area contributed by atoms with E-state index >= 15 is 0 Å². The van der Waals surface area contributed by atoms with E-state index < -0.39 is 29.5 Å². The van der Waals surface area contributed by atoms with Gasteiger partial charge in [-0.1, -0.05) is 6.07 Å². The Morgan fingerprint density at radius 1 is 1.04 bits per heavy atom. The van der Waals surface area contributed by atoms with Crippen molar-refractivity contribution >= 4 is 11.8 Å². The first kappa shape index (κ1) is 20.3. The lowest BCUT2D eigenvalue weighted by molar-refractivity contribution is -0.129. The largest absolute Gasteiger partial charge is 0.494 e. The Kier molecular flexibility index (Phi) is 7.22. The smallest absolute Gasteiger partial charge is 0.246 e. The van der Waals surface area contributed by atoms with Gasteiger partial charge in [-0.15, -0.1) is 0 Å². The molecule has 2 aromatic rings. The zero-order valence-electron chi connectivity index (χ0n) is 14.6. The molecule has 0 heterocycles. The van der Waals surface area contributed by atoms with Crippen LogP contribution in [0.1, 0.15) is 24.4 Å². The molecule has 0 fully saturated rings. The number of rotatable bonds is 8. The third kappa shape index (κ3) is 6.02. The Morgan fingerprint density at radius 2 is 1.74 bits per heavy atom. The van der Waals surface area contributed by atoms with Crippen LogP contribution in [-0.4, -0.2) is 25.5 Å². The van der Waals surface area contributed by atoms with Crippen LogP contribution in [0.3, 0.4) is 0 Å². The van der Waals surface area contributed by atoms with Crippen LogP contribution < -0.4 is 15.4 Å². The number of amides is 2. The molecule has 144 valence electrons. The lowest BCUT2D eigenvalue weighted by Gasteiger charge is -2.18. The quantitative estimate of drug-likeness (QED) is 0.692. The normalized spacial score (nSPS) is 11.6. The van der Waals surface area contributed by atoms with Gasteiger partial charge in [0.2, 0.25) is 11.8 Å². The highest BCUT2D eigenvalue weighted by Gasteiger charge is 2.22. The van der Waals surface area contributed by atoms with Gasteiger partial charge in [0, 0.05) is 13.5 Å². The summed E-state index contributed by atoms with van der Waals surface area (Å²) in [4.78, 5) is 24.1. The molecule has 1 atom stereocenters. The van der Waals surface area contributed by atoms with Crippen LogP contribution in [0.4, 0.5) is 13.2 Å². The number of carbonyl (C=O) groups is 2. The minimum Gasteiger partial charge on any atom is -0.494 e. The van der Waals surface area contributed by atoms with E-state index in [4.69, 9.17) is 4.74 Å². The van der Waals surface area contributed by atoms with Crippen LogP contribution in [0.5, 0.6) is 5.75 Å². The molecule has 27 heavy (non-hydrogen) atoms. The molecule has 0 saturated heterocycles. The van der Waals surface area contributed by atoms with Gasteiger partial charge in [-0.05, 0) is 48.4 Å². The van der Waals surface area contributed by atoms with E-state index in [2.05, 4.69) is 10.6 Å². The third-order valence-corrected chi connectivity index (χ3v) is 3.72. The molecule has 2 N–H and O–H groups in total. The van der Waals surface area contributed by atoms with E-state index in [0.29, 0.717) is 12.2 Å². The monoisotopic (exact) mass is 380 g/mol. The molecule has 0 aliphatic rings. The van der Waals surface area contributed by atoms with Crippen molar-refractivity contribution in [2.24, 2.45) is 0 Å². The van der Waals surface area contributed by atoms with Gasteiger partial charge < -0.3 is 15.4 Å². The number of carbonyl (C=O) groups excluding carboxylic acids is 2. The molecule has 2 aromatic carbocycles. The summed E-state index contributed by atoms with van der Waals surface area (Å²) in [5, 5.41) is 4.86. The van der Waals surface area contributed by atoms with E-state index in [9.17, 15) is 22.8 Å². The summed E-state index contributed by atoms with van der Waals surface area (Å²) < 4.78 is 44.7. The Morgan fingerprint density at radius 3 is 2.37 bits per heavy atom. The molecule has 0 bridgehead atoms. The Hall–Kier alpha value is -3.03. The third-order valence-electron chi connectivity index (χ3n) is 3.72. The molecule has 2 rings (SSSR count). The van der Waals surface area contributed by atoms with Crippen molar-refractivity contribution in [1.82, 2.24) is 10.6 Å². The zero-order chi connectivity index (χ0) is 19.8. The van der Waals surface area contributed by atoms with E-state index in [1.807, 2.05) is 0 Å².